The number of aromatic nitrogens is 2. The fraction of sp³-hybridized carbons (Fsp3) is 0.208. The van der Waals surface area contributed by atoms with Crippen LogP contribution in [0.3, 0.4) is 0 Å². The highest BCUT2D eigenvalue weighted by atomic mass is 35.5. The molecule has 0 saturated carbocycles. The first-order chi connectivity index (χ1) is 16.9. The number of hydrogen-bond acceptors (Lipinski definition) is 8. The highest BCUT2D eigenvalue weighted by Gasteiger charge is 2.31. The van der Waals surface area contributed by atoms with E-state index in [2.05, 4.69) is 34.6 Å². The summed E-state index contributed by atoms with van der Waals surface area (Å²) in [5.41, 5.74) is 3.36. The summed E-state index contributed by atoms with van der Waals surface area (Å²) in [5, 5.41) is 12.1. The van der Waals surface area contributed by atoms with Crippen LogP contribution >= 0.6 is 58.7 Å². The number of amides is 2. The molecule has 1 saturated heterocycles. The van der Waals surface area contributed by atoms with Crippen molar-refractivity contribution < 1.29 is 9.59 Å². The lowest BCUT2D eigenvalue weighted by Gasteiger charge is -2.13. The van der Waals surface area contributed by atoms with E-state index in [-0.39, 0.29) is 18.2 Å². The average molecular weight is 561 g/mol. The maximum Gasteiger partial charge on any atom is 0.266 e. The van der Waals surface area contributed by atoms with Crippen LogP contribution in [0.25, 0.3) is 6.08 Å². The molecule has 35 heavy (non-hydrogen) atoms. The lowest BCUT2D eigenvalue weighted by molar-refractivity contribution is -0.122. The van der Waals surface area contributed by atoms with Gasteiger partial charge >= 0.3 is 0 Å². The van der Waals surface area contributed by atoms with Crippen LogP contribution in [0.5, 0.6) is 0 Å². The summed E-state index contributed by atoms with van der Waals surface area (Å²) >= 11 is 15.5. The van der Waals surface area contributed by atoms with Crippen LogP contribution < -0.4 is 5.32 Å². The second-order valence-electron chi connectivity index (χ2n) is 7.62. The molecule has 0 spiro atoms. The molecule has 0 unspecified atom stereocenters. The first-order valence-electron chi connectivity index (χ1n) is 10.7. The molecule has 6 nitrogen and oxygen atoms in total. The van der Waals surface area contributed by atoms with E-state index in [4.69, 9.17) is 23.8 Å². The van der Waals surface area contributed by atoms with Gasteiger partial charge in [-0.2, -0.15) is 0 Å². The Morgan fingerprint density at radius 2 is 1.97 bits per heavy atom. The lowest BCUT2D eigenvalue weighted by Crippen LogP contribution is -2.29. The van der Waals surface area contributed by atoms with Crippen LogP contribution in [0.4, 0.5) is 5.13 Å². The van der Waals surface area contributed by atoms with Crippen LogP contribution in [0, 0.1) is 6.92 Å². The lowest BCUT2D eigenvalue weighted by atomic mass is 10.1. The smallest absolute Gasteiger partial charge is 0.266 e. The molecule has 2 amide bonds. The van der Waals surface area contributed by atoms with Crippen LogP contribution in [-0.4, -0.2) is 37.8 Å². The number of anilines is 1. The van der Waals surface area contributed by atoms with Crippen LogP contribution in [0.1, 0.15) is 29.5 Å². The summed E-state index contributed by atoms with van der Waals surface area (Å²) in [4.78, 5) is 27.2. The van der Waals surface area contributed by atoms with Gasteiger partial charge in [-0.3, -0.25) is 14.5 Å². The number of thiocarbonyl (C=S) groups is 1. The van der Waals surface area contributed by atoms with Gasteiger partial charge in [0.05, 0.1) is 4.91 Å². The van der Waals surface area contributed by atoms with Crippen LogP contribution in [-0.2, 0) is 15.3 Å². The predicted octanol–water partition coefficient (Wildman–Crippen LogP) is 6.41. The summed E-state index contributed by atoms with van der Waals surface area (Å²) in [6.07, 6.45) is 2.53. The molecule has 1 fully saturated rings. The monoisotopic (exact) mass is 560 g/mol. The largest absolute Gasteiger partial charge is 0.301 e. The van der Waals surface area contributed by atoms with Gasteiger partial charge in [0.1, 0.15) is 4.32 Å². The van der Waals surface area contributed by atoms with E-state index in [9.17, 15) is 9.59 Å². The number of halogens is 1. The number of hydrogen-bond donors (Lipinski definition) is 1. The van der Waals surface area contributed by atoms with E-state index >= 15 is 0 Å². The Balaban J connectivity index is 1.23. The molecule has 1 N–H and O–H groups in total. The number of benzene rings is 2. The molecule has 2 heterocycles. The molecule has 1 aromatic heterocycles. The first kappa shape index (κ1) is 25.8. The molecule has 1 aliphatic heterocycles. The highest BCUT2D eigenvalue weighted by Crippen LogP contribution is 2.33. The maximum atomic E-state index is 12.7. The van der Waals surface area contributed by atoms with Crippen molar-refractivity contribution in [3.05, 3.63) is 75.1 Å². The summed E-state index contributed by atoms with van der Waals surface area (Å²) < 4.78 is 1.30. The van der Waals surface area contributed by atoms with Gasteiger partial charge in [0.25, 0.3) is 5.91 Å². The standard InChI is InChI=1S/C24H21ClN4O2S4/c1-15-5-2-3-6-17(15)14-33-23-28-27-22(35-23)26-20(30)7-4-12-29-21(31)19(34-24(29)32)13-16-8-10-18(25)11-9-16/h2-3,5-6,8-11,13H,4,7,12,14H2,1H3,(H,26,27,30)/b19-13-. The molecule has 3 aromatic rings. The number of nitrogens with zero attached hydrogens (tertiary/aromatic N) is 3. The number of thioether (sulfide) groups is 2. The summed E-state index contributed by atoms with van der Waals surface area (Å²) in [6.45, 7) is 2.46. The quantitative estimate of drug-likeness (QED) is 0.140. The van der Waals surface area contributed by atoms with Gasteiger partial charge in [-0.25, -0.2) is 0 Å². The third-order valence-electron chi connectivity index (χ3n) is 5.09. The van der Waals surface area contributed by atoms with Gasteiger partial charge < -0.3 is 5.32 Å². The Kier molecular flexibility index (Phi) is 8.96. The molecular weight excluding hydrogens is 540 g/mol. The molecular formula is C24H21ClN4O2S4. The minimum atomic E-state index is -0.168. The zero-order valence-electron chi connectivity index (χ0n) is 18.7. The third kappa shape index (κ3) is 7.14. The molecule has 0 aliphatic carbocycles. The Hall–Kier alpha value is -2.24. The minimum absolute atomic E-state index is 0.144. The second kappa shape index (κ2) is 12.1. The highest BCUT2D eigenvalue weighted by molar-refractivity contribution is 8.26. The Morgan fingerprint density at radius 3 is 2.74 bits per heavy atom. The number of nitrogens with one attached hydrogen (secondary N) is 1. The predicted molar refractivity (Wildman–Crippen MR) is 150 cm³/mol. The molecule has 180 valence electrons. The topological polar surface area (TPSA) is 75.2 Å². The second-order valence-corrected chi connectivity index (χ2v) is 11.9. The van der Waals surface area contributed by atoms with E-state index < -0.39 is 0 Å². The van der Waals surface area contributed by atoms with Crippen molar-refractivity contribution in [3.63, 3.8) is 0 Å². The van der Waals surface area contributed by atoms with Crippen molar-refractivity contribution in [2.75, 3.05) is 11.9 Å². The Labute approximate surface area is 226 Å². The molecule has 11 heteroatoms. The summed E-state index contributed by atoms with van der Waals surface area (Å²) in [6, 6.07) is 15.5. The minimum Gasteiger partial charge on any atom is -0.301 e. The number of rotatable bonds is 9. The first-order valence-corrected chi connectivity index (χ1v) is 14.1. The van der Waals surface area contributed by atoms with Gasteiger partial charge in [-0.05, 0) is 48.2 Å². The van der Waals surface area contributed by atoms with E-state index in [1.54, 1.807) is 34.9 Å². The molecule has 0 atom stereocenters. The van der Waals surface area contributed by atoms with E-state index in [1.165, 1.54) is 34.2 Å². The van der Waals surface area contributed by atoms with Gasteiger partial charge in [0.2, 0.25) is 11.0 Å². The summed E-state index contributed by atoms with van der Waals surface area (Å²) in [5.74, 6) is 0.486. The third-order valence-corrected chi connectivity index (χ3v) is 8.74. The van der Waals surface area contributed by atoms with E-state index in [1.807, 2.05) is 24.3 Å². The van der Waals surface area contributed by atoms with Crippen molar-refractivity contribution in [2.45, 2.75) is 29.9 Å². The van der Waals surface area contributed by atoms with Crippen molar-refractivity contribution in [1.82, 2.24) is 15.1 Å². The van der Waals surface area contributed by atoms with Gasteiger partial charge in [0, 0.05) is 23.7 Å². The maximum absolute atomic E-state index is 12.7. The number of carbonyl (C=O) groups is 2. The summed E-state index contributed by atoms with van der Waals surface area (Å²) in [7, 11) is 0. The van der Waals surface area contributed by atoms with Gasteiger partial charge in [-0.1, -0.05) is 95.1 Å². The number of aryl methyl sites for hydroxylation is 1. The molecule has 0 bridgehead atoms. The Morgan fingerprint density at radius 1 is 1.20 bits per heavy atom. The average Bonchev–Trinajstić information content (AvgIpc) is 3.39. The molecule has 1 aliphatic rings. The van der Waals surface area contributed by atoms with Gasteiger partial charge in [0.15, 0.2) is 4.34 Å². The van der Waals surface area contributed by atoms with E-state index in [0.717, 1.165) is 15.7 Å². The Bertz CT molecular complexity index is 1280. The fourth-order valence-electron chi connectivity index (χ4n) is 3.21. The zero-order chi connectivity index (χ0) is 24.8. The van der Waals surface area contributed by atoms with Crippen LogP contribution in [0.2, 0.25) is 5.02 Å². The fourth-order valence-corrected chi connectivity index (χ4v) is 6.49. The van der Waals surface area contributed by atoms with Gasteiger partial charge in [-0.15, -0.1) is 10.2 Å². The van der Waals surface area contributed by atoms with Crippen molar-refractivity contribution in [1.29, 1.82) is 0 Å². The molecule has 0 radical (unpaired) electrons. The van der Waals surface area contributed by atoms with Crippen molar-refractivity contribution in [3.8, 4) is 0 Å². The molecule has 4 rings (SSSR count). The zero-order valence-corrected chi connectivity index (χ0v) is 22.7. The normalized spacial score (nSPS) is 14.7. The SMILES string of the molecule is Cc1ccccc1CSc1nnc(NC(=O)CCCN2C(=O)/C(=C/c3ccc(Cl)cc3)SC2=S)s1. The molecule has 2 aromatic carbocycles. The van der Waals surface area contributed by atoms with Crippen molar-refractivity contribution in [2.24, 2.45) is 0 Å². The van der Waals surface area contributed by atoms with E-state index in [0.29, 0.717) is 32.3 Å². The van der Waals surface area contributed by atoms with Crippen molar-refractivity contribution >= 4 is 86.0 Å². The van der Waals surface area contributed by atoms with Crippen LogP contribution in [0.15, 0.2) is 57.8 Å². The number of carbonyl (C=O) groups excluding carboxylic acids is 2.